The molecule has 1 unspecified atom stereocenters. The fourth-order valence-electron chi connectivity index (χ4n) is 4.06. The van der Waals surface area contributed by atoms with E-state index in [1.165, 1.54) is 32.4 Å². The molecule has 1 saturated heterocycles. The Morgan fingerprint density at radius 2 is 1.90 bits per heavy atom. The molecule has 31 heavy (non-hydrogen) atoms. The van der Waals surface area contributed by atoms with Gasteiger partial charge in [0.2, 0.25) is 0 Å². The van der Waals surface area contributed by atoms with Gasteiger partial charge < -0.3 is 20.0 Å². The lowest BCUT2D eigenvalue weighted by molar-refractivity contribution is 0.102. The second-order valence-corrected chi connectivity index (χ2v) is 8.69. The summed E-state index contributed by atoms with van der Waals surface area (Å²) in [5.74, 6) is 0.592. The molecule has 7 nitrogen and oxygen atoms in total. The zero-order chi connectivity index (χ0) is 22.2. The van der Waals surface area contributed by atoms with E-state index in [1.54, 1.807) is 30.6 Å². The second kappa shape index (κ2) is 11.2. The zero-order valence-corrected chi connectivity index (χ0v) is 19.3. The third kappa shape index (κ3) is 6.74. The smallest absolute Gasteiger partial charge is 0.274 e. The molecule has 3 heterocycles. The molecule has 0 saturated carbocycles. The van der Waals surface area contributed by atoms with E-state index < -0.39 is 0 Å². The minimum atomic E-state index is -0.216. The molecule has 0 bridgehead atoms. The van der Waals surface area contributed by atoms with E-state index in [4.69, 9.17) is 0 Å². The van der Waals surface area contributed by atoms with Crippen molar-refractivity contribution in [2.75, 3.05) is 50.5 Å². The highest BCUT2D eigenvalue weighted by atomic mass is 16.1. The third-order valence-corrected chi connectivity index (χ3v) is 6.17. The molecule has 2 aromatic rings. The molecule has 1 atom stereocenters. The molecule has 0 aliphatic carbocycles. The predicted octanol–water partition coefficient (Wildman–Crippen LogP) is 3.36. The van der Waals surface area contributed by atoms with Crippen LogP contribution >= 0.6 is 0 Å². The number of carbonyl (C=O) groups excluding carboxylic acids is 1. The maximum Gasteiger partial charge on any atom is 0.274 e. The minimum Gasteiger partial charge on any atom is -0.358 e. The Labute approximate surface area is 186 Å². The van der Waals surface area contributed by atoms with Crippen molar-refractivity contribution in [3.8, 4) is 0 Å². The molecule has 2 aromatic heterocycles. The van der Waals surface area contributed by atoms with Gasteiger partial charge in [0.15, 0.2) is 0 Å². The number of nitrogens with one attached hydrogen (secondary N) is 1. The first-order chi connectivity index (χ1) is 14.9. The van der Waals surface area contributed by atoms with Crippen molar-refractivity contribution < 1.29 is 4.79 Å². The molecular weight excluding hydrogens is 388 g/mol. The highest BCUT2D eigenvalue weighted by molar-refractivity contribution is 6.03. The van der Waals surface area contributed by atoms with Crippen molar-refractivity contribution in [1.29, 1.82) is 0 Å². The maximum absolute atomic E-state index is 12.5. The number of aromatic nitrogens is 2. The standard InChI is InChI=1S/C24H36N6O/c1-19(2)30-15-6-7-21(12-16-30)28(3)17-18-29(4)23-9-5-8-22(27-23)24(31)26-20-10-13-25-14-11-20/h5,8-11,13-14,19,21H,6-7,12,15-18H2,1-4H3,(H,25,26,31). The molecule has 1 amide bonds. The van der Waals surface area contributed by atoms with Crippen LogP contribution in [0, 0.1) is 0 Å². The first-order valence-corrected chi connectivity index (χ1v) is 11.3. The van der Waals surface area contributed by atoms with Crippen LogP contribution in [-0.4, -0.2) is 78.0 Å². The molecule has 7 heteroatoms. The summed E-state index contributed by atoms with van der Waals surface area (Å²) in [7, 11) is 4.27. The predicted molar refractivity (Wildman–Crippen MR) is 127 cm³/mol. The van der Waals surface area contributed by atoms with Gasteiger partial charge in [-0.05, 0) is 77.5 Å². The number of hydrogen-bond donors (Lipinski definition) is 1. The van der Waals surface area contributed by atoms with Crippen LogP contribution in [0.25, 0.3) is 0 Å². The average molecular weight is 425 g/mol. The summed E-state index contributed by atoms with van der Waals surface area (Å²) < 4.78 is 0. The third-order valence-electron chi connectivity index (χ3n) is 6.17. The minimum absolute atomic E-state index is 0.216. The molecule has 3 rings (SSSR count). The van der Waals surface area contributed by atoms with Crippen molar-refractivity contribution in [2.24, 2.45) is 0 Å². The lowest BCUT2D eigenvalue weighted by Crippen LogP contribution is -2.39. The molecule has 0 spiro atoms. The van der Waals surface area contributed by atoms with Gasteiger partial charge in [0.25, 0.3) is 5.91 Å². The van der Waals surface area contributed by atoms with Crippen molar-refractivity contribution in [1.82, 2.24) is 19.8 Å². The van der Waals surface area contributed by atoms with Crippen molar-refractivity contribution >= 4 is 17.4 Å². The van der Waals surface area contributed by atoms with Gasteiger partial charge in [-0.3, -0.25) is 9.78 Å². The van der Waals surface area contributed by atoms with E-state index in [1.807, 2.05) is 19.2 Å². The number of rotatable bonds is 8. The van der Waals surface area contributed by atoms with Gasteiger partial charge in [-0.2, -0.15) is 0 Å². The molecular formula is C24H36N6O. The summed E-state index contributed by atoms with van der Waals surface area (Å²) in [4.78, 5) is 28.3. The van der Waals surface area contributed by atoms with E-state index in [0.717, 1.165) is 18.9 Å². The molecule has 0 radical (unpaired) electrons. The van der Waals surface area contributed by atoms with E-state index in [0.29, 0.717) is 23.5 Å². The number of likely N-dealkylation sites (N-methyl/N-ethyl adjacent to an activating group) is 2. The van der Waals surface area contributed by atoms with Gasteiger partial charge in [-0.1, -0.05) is 6.07 Å². The lowest BCUT2D eigenvalue weighted by atomic mass is 10.1. The number of pyridine rings is 2. The average Bonchev–Trinajstić information content (AvgIpc) is 3.04. The molecule has 1 aliphatic rings. The summed E-state index contributed by atoms with van der Waals surface area (Å²) in [6.07, 6.45) is 7.05. The number of carbonyl (C=O) groups is 1. The quantitative estimate of drug-likeness (QED) is 0.701. The number of anilines is 2. The van der Waals surface area contributed by atoms with E-state index >= 15 is 0 Å². The van der Waals surface area contributed by atoms with Crippen LogP contribution in [0.3, 0.4) is 0 Å². The molecule has 168 valence electrons. The fourth-order valence-corrected chi connectivity index (χ4v) is 4.06. The number of amides is 1. The van der Waals surface area contributed by atoms with E-state index in [2.05, 4.69) is 50.9 Å². The van der Waals surface area contributed by atoms with Crippen molar-refractivity contribution in [3.63, 3.8) is 0 Å². The Balaban J connectivity index is 1.53. The van der Waals surface area contributed by atoms with Crippen LogP contribution in [0.4, 0.5) is 11.5 Å². The summed E-state index contributed by atoms with van der Waals surface area (Å²) >= 11 is 0. The van der Waals surface area contributed by atoms with Gasteiger partial charge in [0.05, 0.1) is 0 Å². The van der Waals surface area contributed by atoms with Crippen LogP contribution in [0.15, 0.2) is 42.7 Å². The van der Waals surface area contributed by atoms with Gasteiger partial charge in [-0.15, -0.1) is 0 Å². The zero-order valence-electron chi connectivity index (χ0n) is 19.3. The molecule has 0 aromatic carbocycles. The van der Waals surface area contributed by atoms with Crippen LogP contribution < -0.4 is 10.2 Å². The van der Waals surface area contributed by atoms with Crippen LogP contribution in [-0.2, 0) is 0 Å². The normalized spacial score (nSPS) is 17.5. The Bertz CT molecular complexity index is 828. The Hall–Kier alpha value is -2.51. The van der Waals surface area contributed by atoms with Crippen molar-refractivity contribution in [3.05, 3.63) is 48.4 Å². The van der Waals surface area contributed by atoms with Crippen LogP contribution in [0.5, 0.6) is 0 Å². The molecule has 1 aliphatic heterocycles. The summed E-state index contributed by atoms with van der Waals surface area (Å²) in [6, 6.07) is 10.4. The van der Waals surface area contributed by atoms with Crippen LogP contribution in [0.2, 0.25) is 0 Å². The number of nitrogens with zero attached hydrogens (tertiary/aromatic N) is 5. The Morgan fingerprint density at radius 1 is 1.13 bits per heavy atom. The number of likely N-dealkylation sites (tertiary alicyclic amines) is 1. The Morgan fingerprint density at radius 3 is 2.65 bits per heavy atom. The monoisotopic (exact) mass is 424 g/mol. The fraction of sp³-hybridized carbons (Fsp3) is 0.542. The Kier molecular flexibility index (Phi) is 8.37. The van der Waals surface area contributed by atoms with E-state index in [9.17, 15) is 4.79 Å². The van der Waals surface area contributed by atoms with Crippen LogP contribution in [0.1, 0.15) is 43.6 Å². The largest absolute Gasteiger partial charge is 0.358 e. The summed E-state index contributed by atoms with van der Waals surface area (Å²) in [5, 5.41) is 2.86. The first kappa shape index (κ1) is 23.2. The van der Waals surface area contributed by atoms with Crippen molar-refractivity contribution in [2.45, 2.75) is 45.2 Å². The lowest BCUT2D eigenvalue weighted by Gasteiger charge is -2.30. The maximum atomic E-state index is 12.5. The highest BCUT2D eigenvalue weighted by Gasteiger charge is 2.21. The van der Waals surface area contributed by atoms with Gasteiger partial charge in [-0.25, -0.2) is 4.98 Å². The topological polar surface area (TPSA) is 64.6 Å². The first-order valence-electron chi connectivity index (χ1n) is 11.3. The summed E-state index contributed by atoms with van der Waals surface area (Å²) in [5.41, 5.74) is 1.12. The van der Waals surface area contributed by atoms with E-state index in [-0.39, 0.29) is 5.91 Å². The molecule has 1 fully saturated rings. The second-order valence-electron chi connectivity index (χ2n) is 8.69. The SMILES string of the molecule is CC(C)N1CCCC(N(C)CCN(C)c2cccc(C(=O)Nc3ccncc3)n2)CC1. The van der Waals surface area contributed by atoms with Gasteiger partial charge in [0.1, 0.15) is 11.5 Å². The number of hydrogen-bond acceptors (Lipinski definition) is 6. The highest BCUT2D eigenvalue weighted by Crippen LogP contribution is 2.18. The molecule has 1 N–H and O–H groups in total. The summed E-state index contributed by atoms with van der Waals surface area (Å²) in [6.45, 7) is 8.80. The van der Waals surface area contributed by atoms with Gasteiger partial charge >= 0.3 is 0 Å². The van der Waals surface area contributed by atoms with Gasteiger partial charge in [0, 0.05) is 50.3 Å².